The van der Waals surface area contributed by atoms with E-state index in [2.05, 4.69) is 33.9 Å². The van der Waals surface area contributed by atoms with E-state index in [9.17, 15) is 5.11 Å². The van der Waals surface area contributed by atoms with E-state index in [4.69, 9.17) is 4.43 Å². The molecule has 0 saturated heterocycles. The Labute approximate surface area is 103 Å². The summed E-state index contributed by atoms with van der Waals surface area (Å²) in [5.74, 6) is 0. The minimum absolute atomic E-state index is 0.118. The number of aliphatic hydroxyl groups excluding tert-OH is 1. The molecule has 1 atom stereocenters. The maximum Gasteiger partial charge on any atom is 0.191 e. The van der Waals surface area contributed by atoms with Gasteiger partial charge < -0.3 is 9.53 Å². The van der Waals surface area contributed by atoms with Crippen LogP contribution in [-0.4, -0.2) is 26.1 Å². The largest absolute Gasteiger partial charge is 0.417 e. The van der Waals surface area contributed by atoms with Crippen molar-refractivity contribution in [2.45, 2.75) is 77.6 Å². The first-order valence-electron chi connectivity index (χ1n) is 6.52. The lowest BCUT2D eigenvalue weighted by Gasteiger charge is -2.36. The van der Waals surface area contributed by atoms with Crippen molar-refractivity contribution in [1.29, 1.82) is 0 Å². The van der Waals surface area contributed by atoms with Crippen LogP contribution in [0.5, 0.6) is 0 Å². The molecule has 0 saturated carbocycles. The highest BCUT2D eigenvalue weighted by molar-refractivity contribution is 6.74. The summed E-state index contributed by atoms with van der Waals surface area (Å²) in [6.07, 6.45) is 3.81. The summed E-state index contributed by atoms with van der Waals surface area (Å²) in [5.41, 5.74) is 0. The zero-order valence-corrected chi connectivity index (χ0v) is 13.0. The molecule has 0 spiro atoms. The van der Waals surface area contributed by atoms with Crippen molar-refractivity contribution < 1.29 is 9.53 Å². The quantitative estimate of drug-likeness (QED) is 0.544. The van der Waals surface area contributed by atoms with E-state index in [1.807, 2.05) is 6.92 Å². The minimum Gasteiger partial charge on any atom is -0.417 e. The normalized spacial score (nSPS) is 15.2. The SMILES string of the molecule is CC[C@H](O)CCCCO[Si](C)(C)C(C)(C)C. The number of unbranched alkanes of at least 4 members (excludes halogenated alkanes) is 1. The Bertz CT molecular complexity index is 185. The first-order valence-corrected chi connectivity index (χ1v) is 9.43. The molecule has 1 N–H and O–H groups in total. The lowest BCUT2D eigenvalue weighted by Crippen LogP contribution is -2.40. The molecule has 0 aromatic carbocycles. The highest BCUT2D eigenvalue weighted by atomic mass is 28.4. The molecule has 0 bridgehead atoms. The Morgan fingerprint density at radius 2 is 1.75 bits per heavy atom. The van der Waals surface area contributed by atoms with Crippen LogP contribution in [0.3, 0.4) is 0 Å². The monoisotopic (exact) mass is 246 g/mol. The van der Waals surface area contributed by atoms with Gasteiger partial charge in [-0.05, 0) is 43.8 Å². The molecule has 0 aliphatic heterocycles. The van der Waals surface area contributed by atoms with E-state index < -0.39 is 8.32 Å². The van der Waals surface area contributed by atoms with Crippen LogP contribution in [0.25, 0.3) is 0 Å². The summed E-state index contributed by atoms with van der Waals surface area (Å²) in [6.45, 7) is 14.2. The third-order valence-corrected chi connectivity index (χ3v) is 8.21. The maximum absolute atomic E-state index is 9.41. The van der Waals surface area contributed by atoms with Gasteiger partial charge in [-0.25, -0.2) is 0 Å². The van der Waals surface area contributed by atoms with Crippen LogP contribution in [0.2, 0.25) is 18.1 Å². The van der Waals surface area contributed by atoms with Crippen LogP contribution in [0.4, 0.5) is 0 Å². The van der Waals surface area contributed by atoms with Crippen molar-refractivity contribution in [3.63, 3.8) is 0 Å². The first kappa shape index (κ1) is 16.1. The van der Waals surface area contributed by atoms with Gasteiger partial charge in [0.15, 0.2) is 8.32 Å². The fourth-order valence-corrected chi connectivity index (χ4v) is 2.32. The highest BCUT2D eigenvalue weighted by Crippen LogP contribution is 2.36. The highest BCUT2D eigenvalue weighted by Gasteiger charge is 2.36. The van der Waals surface area contributed by atoms with Gasteiger partial charge in [0.25, 0.3) is 0 Å². The van der Waals surface area contributed by atoms with Crippen molar-refractivity contribution in [2.24, 2.45) is 0 Å². The van der Waals surface area contributed by atoms with Crippen molar-refractivity contribution in [2.75, 3.05) is 6.61 Å². The molecule has 0 aromatic heterocycles. The molecule has 0 aromatic rings. The molecule has 3 heteroatoms. The zero-order chi connectivity index (χ0) is 12.8. The second kappa shape index (κ2) is 6.77. The Hall–Kier alpha value is 0.137. The molecule has 0 radical (unpaired) electrons. The van der Waals surface area contributed by atoms with Gasteiger partial charge in [0, 0.05) is 6.61 Å². The van der Waals surface area contributed by atoms with E-state index in [1.165, 1.54) is 0 Å². The molecule has 16 heavy (non-hydrogen) atoms. The van der Waals surface area contributed by atoms with Gasteiger partial charge >= 0.3 is 0 Å². The summed E-state index contributed by atoms with van der Waals surface area (Å²) >= 11 is 0. The Kier molecular flexibility index (Phi) is 6.83. The van der Waals surface area contributed by atoms with Gasteiger partial charge in [0.1, 0.15) is 0 Å². The molecule has 0 amide bonds. The Balaban J connectivity index is 3.67. The van der Waals surface area contributed by atoms with Crippen LogP contribution in [0, 0.1) is 0 Å². The zero-order valence-electron chi connectivity index (χ0n) is 12.0. The predicted molar refractivity (Wildman–Crippen MR) is 73.3 cm³/mol. The molecule has 0 heterocycles. The van der Waals surface area contributed by atoms with Crippen LogP contribution < -0.4 is 0 Å². The van der Waals surface area contributed by atoms with Crippen LogP contribution in [0.15, 0.2) is 0 Å². The van der Waals surface area contributed by atoms with E-state index in [0.717, 1.165) is 32.3 Å². The van der Waals surface area contributed by atoms with Gasteiger partial charge in [-0.2, -0.15) is 0 Å². The average molecular weight is 246 g/mol. The van der Waals surface area contributed by atoms with Crippen molar-refractivity contribution in [3.8, 4) is 0 Å². The van der Waals surface area contributed by atoms with Gasteiger partial charge in [0.05, 0.1) is 6.10 Å². The van der Waals surface area contributed by atoms with Crippen LogP contribution in [-0.2, 0) is 4.43 Å². The lowest BCUT2D eigenvalue weighted by molar-refractivity contribution is 0.153. The minimum atomic E-state index is -1.55. The molecule has 0 unspecified atom stereocenters. The van der Waals surface area contributed by atoms with E-state index in [1.54, 1.807) is 0 Å². The fraction of sp³-hybridized carbons (Fsp3) is 1.00. The standard InChI is InChI=1S/C13H30O2Si/c1-7-12(14)10-8-9-11-15-16(5,6)13(2,3)4/h12,14H,7-11H2,1-6H3/t12-/m0/s1. The molecular weight excluding hydrogens is 216 g/mol. The Morgan fingerprint density at radius 1 is 1.19 bits per heavy atom. The van der Waals surface area contributed by atoms with Gasteiger partial charge in [0.2, 0.25) is 0 Å². The molecule has 0 rings (SSSR count). The molecule has 0 aliphatic rings. The summed E-state index contributed by atoms with van der Waals surface area (Å²) in [7, 11) is -1.55. The number of hydrogen-bond donors (Lipinski definition) is 1. The Morgan fingerprint density at radius 3 is 2.19 bits per heavy atom. The fourth-order valence-electron chi connectivity index (χ4n) is 1.23. The van der Waals surface area contributed by atoms with Gasteiger partial charge in [-0.15, -0.1) is 0 Å². The second-order valence-electron chi connectivity index (χ2n) is 6.17. The van der Waals surface area contributed by atoms with Gasteiger partial charge in [-0.1, -0.05) is 27.7 Å². The molecular formula is C13H30O2Si. The summed E-state index contributed by atoms with van der Waals surface area (Å²) in [6, 6.07) is 0. The third-order valence-electron chi connectivity index (χ3n) is 3.67. The van der Waals surface area contributed by atoms with Crippen molar-refractivity contribution in [1.82, 2.24) is 0 Å². The van der Waals surface area contributed by atoms with E-state index in [0.29, 0.717) is 5.04 Å². The summed E-state index contributed by atoms with van der Waals surface area (Å²) in [4.78, 5) is 0. The van der Waals surface area contributed by atoms with E-state index in [-0.39, 0.29) is 6.10 Å². The third kappa shape index (κ3) is 6.02. The predicted octanol–water partition coefficient (Wildman–Crippen LogP) is 3.95. The van der Waals surface area contributed by atoms with Crippen LogP contribution in [0.1, 0.15) is 53.4 Å². The smallest absolute Gasteiger partial charge is 0.191 e. The molecule has 2 nitrogen and oxygen atoms in total. The maximum atomic E-state index is 9.41. The first-order chi connectivity index (χ1) is 7.20. The van der Waals surface area contributed by atoms with Crippen molar-refractivity contribution >= 4 is 8.32 Å². The summed E-state index contributed by atoms with van der Waals surface area (Å²) < 4.78 is 6.07. The number of rotatable bonds is 7. The molecule has 0 fully saturated rings. The van der Waals surface area contributed by atoms with Crippen molar-refractivity contribution in [3.05, 3.63) is 0 Å². The number of hydrogen-bond acceptors (Lipinski definition) is 2. The topological polar surface area (TPSA) is 29.5 Å². The second-order valence-corrected chi connectivity index (χ2v) is 11.0. The number of aliphatic hydroxyl groups is 1. The van der Waals surface area contributed by atoms with E-state index >= 15 is 0 Å². The molecule has 98 valence electrons. The lowest BCUT2D eigenvalue weighted by atomic mass is 10.1. The summed E-state index contributed by atoms with van der Waals surface area (Å²) in [5, 5.41) is 9.72. The van der Waals surface area contributed by atoms with Gasteiger partial charge in [-0.3, -0.25) is 0 Å². The molecule has 0 aliphatic carbocycles. The average Bonchev–Trinajstić information content (AvgIpc) is 2.15. The van der Waals surface area contributed by atoms with Crippen LogP contribution >= 0.6 is 0 Å².